The highest BCUT2D eigenvalue weighted by molar-refractivity contribution is 5.79. The molecule has 0 saturated carbocycles. The van der Waals surface area contributed by atoms with Crippen molar-refractivity contribution in [1.29, 1.82) is 5.26 Å². The average molecular weight is 380 g/mol. The molecule has 1 saturated heterocycles. The van der Waals surface area contributed by atoms with E-state index in [2.05, 4.69) is 35.3 Å². The molecule has 0 unspecified atom stereocenters. The minimum atomic E-state index is -0.269. The predicted octanol–water partition coefficient (Wildman–Crippen LogP) is 2.53. The molecule has 0 bridgehead atoms. The first-order chi connectivity index (χ1) is 13.4. The first-order valence-corrected chi connectivity index (χ1v) is 9.79. The van der Waals surface area contributed by atoms with E-state index in [1.165, 1.54) is 0 Å². The van der Waals surface area contributed by atoms with Crippen molar-refractivity contribution >= 4 is 5.91 Å². The normalized spacial score (nSPS) is 16.9. The van der Waals surface area contributed by atoms with Crippen LogP contribution in [0.25, 0.3) is 11.4 Å². The summed E-state index contributed by atoms with van der Waals surface area (Å²) in [6.07, 6.45) is 4.28. The van der Waals surface area contributed by atoms with Crippen molar-refractivity contribution in [2.24, 2.45) is 0 Å². The van der Waals surface area contributed by atoms with Gasteiger partial charge < -0.3 is 10.2 Å². The molecule has 1 N–H and O–H groups in total. The van der Waals surface area contributed by atoms with Gasteiger partial charge in [0.2, 0.25) is 5.91 Å². The van der Waals surface area contributed by atoms with Crippen LogP contribution in [0.2, 0.25) is 0 Å². The van der Waals surface area contributed by atoms with Gasteiger partial charge in [0, 0.05) is 30.5 Å². The minimum Gasteiger partial charge on any atom is -0.326 e. The molecule has 0 spiro atoms. The molecule has 1 fully saturated rings. The molecule has 28 heavy (non-hydrogen) atoms. The molecule has 1 aliphatic heterocycles. The Morgan fingerprint density at radius 2 is 2.21 bits per heavy atom. The molecule has 1 aliphatic rings. The summed E-state index contributed by atoms with van der Waals surface area (Å²) in [6.45, 7) is 7.90. The van der Waals surface area contributed by atoms with E-state index in [-0.39, 0.29) is 24.0 Å². The van der Waals surface area contributed by atoms with Gasteiger partial charge in [-0.3, -0.25) is 14.5 Å². The molecule has 2 aromatic heterocycles. The van der Waals surface area contributed by atoms with Crippen LogP contribution >= 0.6 is 0 Å². The number of hydrogen-bond donors (Lipinski definition) is 1. The molecule has 2 aromatic rings. The predicted molar refractivity (Wildman–Crippen MR) is 107 cm³/mol. The van der Waals surface area contributed by atoms with E-state index in [4.69, 9.17) is 5.26 Å². The molecule has 1 amide bonds. The van der Waals surface area contributed by atoms with E-state index in [9.17, 15) is 4.79 Å². The maximum Gasteiger partial charge on any atom is 0.237 e. The van der Waals surface area contributed by atoms with E-state index >= 15 is 0 Å². The number of amides is 1. The second-order valence-corrected chi connectivity index (χ2v) is 7.97. The van der Waals surface area contributed by atoms with Crippen LogP contribution < -0.4 is 5.32 Å². The van der Waals surface area contributed by atoms with E-state index in [0.29, 0.717) is 6.54 Å². The van der Waals surface area contributed by atoms with Crippen molar-refractivity contribution in [2.45, 2.75) is 58.2 Å². The number of hydrogen-bond acceptors (Lipinski definition) is 5. The van der Waals surface area contributed by atoms with Crippen LogP contribution in [0.3, 0.4) is 0 Å². The maximum atomic E-state index is 12.4. The van der Waals surface area contributed by atoms with E-state index < -0.39 is 0 Å². The van der Waals surface area contributed by atoms with Crippen LogP contribution in [-0.4, -0.2) is 50.2 Å². The topological polar surface area (TPSA) is 86.8 Å². The molecule has 3 heterocycles. The van der Waals surface area contributed by atoms with Crippen LogP contribution in [0.15, 0.2) is 30.5 Å². The zero-order valence-electron chi connectivity index (χ0n) is 16.9. The number of nitrogens with zero attached hydrogens (tertiary/aromatic N) is 5. The Balaban J connectivity index is 1.54. The van der Waals surface area contributed by atoms with Gasteiger partial charge in [0.25, 0.3) is 0 Å². The highest BCUT2D eigenvalue weighted by Gasteiger charge is 2.29. The van der Waals surface area contributed by atoms with Gasteiger partial charge in [-0.1, -0.05) is 6.07 Å². The largest absolute Gasteiger partial charge is 0.326 e. The monoisotopic (exact) mass is 380 g/mol. The first-order valence-electron chi connectivity index (χ1n) is 9.79. The summed E-state index contributed by atoms with van der Waals surface area (Å²) in [5, 5.41) is 17.2. The van der Waals surface area contributed by atoms with Crippen LogP contribution in [0.4, 0.5) is 0 Å². The molecular weight excluding hydrogens is 352 g/mol. The number of carbonyl (C=O) groups excluding carboxylic acids is 1. The lowest BCUT2D eigenvalue weighted by Crippen LogP contribution is -2.48. The van der Waals surface area contributed by atoms with Crippen molar-refractivity contribution in [3.63, 3.8) is 0 Å². The molecular formula is C21H28N6O. The van der Waals surface area contributed by atoms with Gasteiger partial charge in [-0.25, -0.2) is 0 Å². The van der Waals surface area contributed by atoms with Gasteiger partial charge in [0.1, 0.15) is 11.7 Å². The van der Waals surface area contributed by atoms with Gasteiger partial charge in [-0.15, -0.1) is 0 Å². The third-order valence-electron chi connectivity index (χ3n) is 5.30. The van der Waals surface area contributed by atoms with Gasteiger partial charge in [0.15, 0.2) is 0 Å². The van der Waals surface area contributed by atoms with E-state index in [1.54, 1.807) is 11.1 Å². The number of aryl methyl sites for hydroxylation is 2. The second-order valence-electron chi connectivity index (χ2n) is 7.97. The van der Waals surface area contributed by atoms with Crippen molar-refractivity contribution in [2.75, 3.05) is 13.1 Å². The Morgan fingerprint density at radius 1 is 1.39 bits per heavy atom. The maximum absolute atomic E-state index is 12.4. The van der Waals surface area contributed by atoms with Crippen molar-refractivity contribution < 1.29 is 4.79 Å². The Kier molecular flexibility index (Phi) is 6.10. The van der Waals surface area contributed by atoms with Gasteiger partial charge in [-0.05, 0) is 58.2 Å². The summed E-state index contributed by atoms with van der Waals surface area (Å²) in [6, 6.07) is 9.80. The Morgan fingerprint density at radius 3 is 2.93 bits per heavy atom. The minimum absolute atomic E-state index is 0.00447. The van der Waals surface area contributed by atoms with Crippen molar-refractivity contribution in [3.05, 3.63) is 36.2 Å². The quantitative estimate of drug-likeness (QED) is 0.798. The van der Waals surface area contributed by atoms with Crippen LogP contribution in [0, 0.1) is 18.3 Å². The van der Waals surface area contributed by atoms with Crippen molar-refractivity contribution in [1.82, 2.24) is 25.0 Å². The smallest absolute Gasteiger partial charge is 0.237 e. The lowest BCUT2D eigenvalue weighted by atomic mass is 10.0. The van der Waals surface area contributed by atoms with Crippen molar-refractivity contribution in [3.8, 4) is 17.5 Å². The Hall–Kier alpha value is -2.72. The fourth-order valence-electron chi connectivity index (χ4n) is 3.47. The van der Waals surface area contributed by atoms with Crippen LogP contribution in [0.5, 0.6) is 0 Å². The number of nitrogens with one attached hydrogen (secondary N) is 1. The summed E-state index contributed by atoms with van der Waals surface area (Å²) in [5.41, 5.74) is 2.60. The highest BCUT2D eigenvalue weighted by Crippen LogP contribution is 2.19. The number of aromatic nitrogens is 3. The molecule has 3 rings (SSSR count). The summed E-state index contributed by atoms with van der Waals surface area (Å²) in [5.74, 6) is 0.00447. The van der Waals surface area contributed by atoms with Crippen LogP contribution in [0.1, 0.15) is 38.8 Å². The standard InChI is InChI=1S/C21H28N6O/c1-16-13-19(18-8-4-5-10-23-18)25-27(16)12-9-21(2,3)24-15-20(28)26-11-6-7-17(26)14-22/h4-5,8,10,13,17,24H,6-7,9,11-12,15H2,1-3H3/t17-/m0/s1. The SMILES string of the molecule is Cc1cc(-c2ccccn2)nn1CCC(C)(C)NCC(=O)N1CCC[C@H]1C#N. The number of likely N-dealkylation sites (tertiary alicyclic amines) is 1. The third kappa shape index (κ3) is 4.76. The summed E-state index contributed by atoms with van der Waals surface area (Å²) < 4.78 is 1.99. The fraction of sp³-hybridized carbons (Fsp3) is 0.524. The zero-order valence-corrected chi connectivity index (χ0v) is 16.9. The number of carbonyl (C=O) groups is 1. The Labute approximate surface area is 166 Å². The molecule has 0 radical (unpaired) electrons. The van der Waals surface area contributed by atoms with E-state index in [0.717, 1.165) is 42.9 Å². The van der Waals surface area contributed by atoms with Crippen LogP contribution in [-0.2, 0) is 11.3 Å². The van der Waals surface area contributed by atoms with Gasteiger partial charge >= 0.3 is 0 Å². The fourth-order valence-corrected chi connectivity index (χ4v) is 3.47. The summed E-state index contributed by atoms with van der Waals surface area (Å²) in [4.78, 5) is 18.5. The van der Waals surface area contributed by atoms with Gasteiger partial charge in [0.05, 0.1) is 18.3 Å². The number of rotatable bonds is 7. The molecule has 7 heteroatoms. The molecule has 1 atom stereocenters. The second kappa shape index (κ2) is 8.53. The average Bonchev–Trinajstić information content (AvgIpc) is 3.32. The lowest BCUT2D eigenvalue weighted by Gasteiger charge is -2.28. The molecule has 148 valence electrons. The van der Waals surface area contributed by atoms with Gasteiger partial charge in [-0.2, -0.15) is 10.4 Å². The number of pyridine rings is 1. The summed E-state index contributed by atoms with van der Waals surface area (Å²) >= 11 is 0. The molecule has 0 aliphatic carbocycles. The Bertz CT molecular complexity index is 852. The highest BCUT2D eigenvalue weighted by atomic mass is 16.2. The molecule has 0 aromatic carbocycles. The van der Waals surface area contributed by atoms with E-state index in [1.807, 2.05) is 35.9 Å². The third-order valence-corrected chi connectivity index (χ3v) is 5.30. The lowest BCUT2D eigenvalue weighted by molar-refractivity contribution is -0.130. The number of nitriles is 1. The zero-order chi connectivity index (χ0) is 20.1. The first kappa shape index (κ1) is 20.0. The molecule has 7 nitrogen and oxygen atoms in total. The summed E-state index contributed by atoms with van der Waals surface area (Å²) in [7, 11) is 0.